The maximum Gasteiger partial charge on any atom is 0.490 e. The molecule has 0 aliphatic carbocycles. The first-order chi connectivity index (χ1) is 21.6. The normalized spacial score (nSPS) is 18.1. The van der Waals surface area contributed by atoms with E-state index in [1.807, 2.05) is 48.5 Å². The second-order valence-electron chi connectivity index (χ2n) is 11.1. The Hall–Kier alpha value is -4.53. The zero-order valence-corrected chi connectivity index (χ0v) is 26.5. The number of amides is 1. The number of rotatable bonds is 4. The van der Waals surface area contributed by atoms with Crippen LogP contribution in [-0.2, 0) is 28.6 Å². The number of carboxylic acids is 1. The van der Waals surface area contributed by atoms with Crippen molar-refractivity contribution < 1.29 is 51.7 Å². The molecule has 4 rings (SSSR count). The van der Waals surface area contributed by atoms with E-state index in [9.17, 15) is 27.6 Å². The largest absolute Gasteiger partial charge is 0.490 e. The van der Waals surface area contributed by atoms with Crippen molar-refractivity contribution in [1.82, 2.24) is 10.2 Å². The smallest absolute Gasteiger partial charge is 0.475 e. The summed E-state index contributed by atoms with van der Waals surface area (Å²) in [6.07, 6.45) is -5.57. The fourth-order valence-corrected chi connectivity index (χ4v) is 4.46. The lowest BCUT2D eigenvalue weighted by Gasteiger charge is -2.41. The number of halogens is 3. The molecule has 2 N–H and O–H groups in total. The number of methoxy groups -OCH3 is 2. The molecule has 2 atom stereocenters. The van der Waals surface area contributed by atoms with Gasteiger partial charge in [0.15, 0.2) is 6.04 Å². The van der Waals surface area contributed by atoms with Crippen LogP contribution in [0.25, 0.3) is 0 Å². The average Bonchev–Trinajstić information content (AvgIpc) is 3.04. The van der Waals surface area contributed by atoms with Gasteiger partial charge in [-0.15, -0.1) is 0 Å². The summed E-state index contributed by atoms with van der Waals surface area (Å²) < 4.78 is 46.8. The minimum Gasteiger partial charge on any atom is -0.475 e. The lowest BCUT2D eigenvalue weighted by Crippen LogP contribution is -2.59. The number of hydrogen-bond donors (Lipinski definition) is 2. The highest BCUT2D eigenvalue weighted by molar-refractivity contribution is 5.83. The highest BCUT2D eigenvalue weighted by atomic mass is 19.4. The van der Waals surface area contributed by atoms with Crippen molar-refractivity contribution in [2.45, 2.75) is 44.6 Å². The first-order valence-corrected chi connectivity index (χ1v) is 14.4. The van der Waals surface area contributed by atoms with Gasteiger partial charge in [0.25, 0.3) is 0 Å². The zero-order valence-electron chi connectivity index (χ0n) is 26.5. The summed E-state index contributed by atoms with van der Waals surface area (Å²) in [6, 6.07) is 19.0. The lowest BCUT2D eigenvalue weighted by atomic mass is 10.1. The number of para-hydroxylation sites is 2. The molecule has 46 heavy (non-hydrogen) atoms. The van der Waals surface area contributed by atoms with Gasteiger partial charge >= 0.3 is 30.2 Å². The molecule has 15 heteroatoms. The molecule has 0 radical (unpaired) electrons. The van der Waals surface area contributed by atoms with Crippen LogP contribution < -0.4 is 15.1 Å². The number of nitrogens with zero attached hydrogens (tertiary/aromatic N) is 3. The number of carbonyl (C=O) groups excluding carboxylic acids is 3. The lowest BCUT2D eigenvalue weighted by molar-refractivity contribution is -0.192. The van der Waals surface area contributed by atoms with E-state index in [-0.39, 0.29) is 12.0 Å². The number of anilines is 2. The van der Waals surface area contributed by atoms with Crippen molar-refractivity contribution in [3.8, 4) is 0 Å². The molecular formula is C31H41F3N4O8. The summed E-state index contributed by atoms with van der Waals surface area (Å²) in [5.74, 6) is -3.38. The van der Waals surface area contributed by atoms with Crippen LogP contribution in [0.2, 0.25) is 0 Å². The minimum absolute atomic E-state index is 0.194. The minimum atomic E-state index is -5.08. The van der Waals surface area contributed by atoms with Gasteiger partial charge in [-0.05, 0) is 45.0 Å². The SMILES string of the molecule is COC(=O)[C@@H]1CN(c2ccccc2)CCN1.COC(=O)[C@@H]1CN(c2ccccc2)CCN1C(=O)OC(C)(C)C.O=C(O)C(F)(F)F. The number of nitrogens with one attached hydrogen (secondary N) is 1. The van der Waals surface area contributed by atoms with Crippen LogP contribution >= 0.6 is 0 Å². The quantitative estimate of drug-likeness (QED) is 0.370. The Kier molecular flexibility index (Phi) is 14.1. The highest BCUT2D eigenvalue weighted by Gasteiger charge is 2.39. The van der Waals surface area contributed by atoms with Gasteiger partial charge in [-0.1, -0.05) is 36.4 Å². The first kappa shape index (κ1) is 37.7. The van der Waals surface area contributed by atoms with Gasteiger partial charge in [-0.3, -0.25) is 9.69 Å². The van der Waals surface area contributed by atoms with Gasteiger partial charge in [0.2, 0.25) is 0 Å². The average molecular weight is 655 g/mol. The van der Waals surface area contributed by atoms with Crippen LogP contribution in [-0.4, -0.2) is 111 Å². The summed E-state index contributed by atoms with van der Waals surface area (Å²) in [4.78, 5) is 50.5. The fraction of sp³-hybridized carbons (Fsp3) is 0.484. The van der Waals surface area contributed by atoms with Crippen LogP contribution in [0.5, 0.6) is 0 Å². The molecule has 2 aliphatic heterocycles. The van der Waals surface area contributed by atoms with Crippen LogP contribution in [0.1, 0.15) is 20.8 Å². The fourth-order valence-electron chi connectivity index (χ4n) is 4.46. The molecule has 12 nitrogen and oxygen atoms in total. The molecule has 1 amide bonds. The summed E-state index contributed by atoms with van der Waals surface area (Å²) >= 11 is 0. The molecule has 2 saturated heterocycles. The maximum atomic E-state index is 12.4. The van der Waals surface area contributed by atoms with E-state index in [2.05, 4.69) is 27.2 Å². The summed E-state index contributed by atoms with van der Waals surface area (Å²) in [5, 5.41) is 10.3. The molecule has 0 bridgehead atoms. The molecule has 0 aromatic heterocycles. The van der Waals surface area contributed by atoms with Gasteiger partial charge in [-0.2, -0.15) is 13.2 Å². The zero-order chi connectivity index (χ0) is 34.5. The van der Waals surface area contributed by atoms with Crippen molar-refractivity contribution in [3.05, 3.63) is 60.7 Å². The van der Waals surface area contributed by atoms with Crippen LogP contribution in [0, 0.1) is 0 Å². The topological polar surface area (TPSA) is 138 Å². The van der Waals surface area contributed by atoms with Crippen molar-refractivity contribution in [2.24, 2.45) is 0 Å². The van der Waals surface area contributed by atoms with Crippen molar-refractivity contribution in [1.29, 1.82) is 0 Å². The highest BCUT2D eigenvalue weighted by Crippen LogP contribution is 2.22. The van der Waals surface area contributed by atoms with E-state index >= 15 is 0 Å². The van der Waals surface area contributed by atoms with Crippen molar-refractivity contribution >= 4 is 35.4 Å². The van der Waals surface area contributed by atoms with E-state index in [0.717, 1.165) is 24.5 Å². The maximum absolute atomic E-state index is 12.4. The molecule has 254 valence electrons. The van der Waals surface area contributed by atoms with Crippen molar-refractivity contribution in [2.75, 3.05) is 63.3 Å². The van der Waals surface area contributed by atoms with Crippen molar-refractivity contribution in [3.63, 3.8) is 0 Å². The number of piperazine rings is 2. The Labute approximate surface area is 266 Å². The first-order valence-electron chi connectivity index (χ1n) is 14.4. The number of carboxylic acid groups (broad SMARTS) is 1. The van der Waals surface area contributed by atoms with E-state index in [0.29, 0.717) is 26.2 Å². The standard InChI is InChI=1S/C17H24N2O4.C12H16N2O2.C2HF3O2/c1-17(2,3)23-16(21)19-11-10-18(12-14(19)15(20)22-4)13-8-6-5-7-9-13;1-16-12(15)11-9-14(8-7-13-11)10-5-3-2-4-6-10;3-2(4,5)1(6)7/h5-9,14H,10-12H2,1-4H3;2-6,11,13H,7-9H2,1H3;(H,6,7)/t14-;11-;/m00./s1. The summed E-state index contributed by atoms with van der Waals surface area (Å²) in [6.45, 7) is 9.22. The third-order valence-corrected chi connectivity index (χ3v) is 6.63. The number of aliphatic carboxylic acids is 1. The Bertz CT molecular complexity index is 1280. The number of hydrogen-bond acceptors (Lipinski definition) is 10. The van der Waals surface area contributed by atoms with E-state index in [1.165, 1.54) is 19.1 Å². The molecule has 2 fully saturated rings. The Morgan fingerprint density at radius 2 is 1.26 bits per heavy atom. The van der Waals surface area contributed by atoms with Gasteiger partial charge in [0.1, 0.15) is 11.6 Å². The second kappa shape index (κ2) is 17.2. The van der Waals surface area contributed by atoms with Crippen LogP contribution in [0.4, 0.5) is 29.3 Å². The Morgan fingerprint density at radius 3 is 1.70 bits per heavy atom. The second-order valence-corrected chi connectivity index (χ2v) is 11.1. The monoisotopic (exact) mass is 654 g/mol. The number of benzene rings is 2. The Balaban J connectivity index is 0.000000276. The molecule has 0 saturated carbocycles. The number of alkyl halides is 3. The number of ether oxygens (including phenoxy) is 3. The predicted octanol–water partition coefficient (Wildman–Crippen LogP) is 3.56. The van der Waals surface area contributed by atoms with E-state index in [1.54, 1.807) is 20.8 Å². The molecule has 2 aromatic rings. The molecular weight excluding hydrogens is 613 g/mol. The molecule has 2 heterocycles. The third kappa shape index (κ3) is 12.1. The van der Waals surface area contributed by atoms with E-state index < -0.39 is 35.9 Å². The Morgan fingerprint density at radius 1 is 0.783 bits per heavy atom. The van der Waals surface area contributed by atoms with Gasteiger partial charge < -0.3 is 34.4 Å². The predicted molar refractivity (Wildman–Crippen MR) is 164 cm³/mol. The molecule has 2 aromatic carbocycles. The summed E-state index contributed by atoms with van der Waals surface area (Å²) in [7, 11) is 2.75. The molecule has 0 spiro atoms. The van der Waals surface area contributed by atoms with Crippen LogP contribution in [0.3, 0.4) is 0 Å². The van der Waals surface area contributed by atoms with Crippen LogP contribution in [0.15, 0.2) is 60.7 Å². The number of carbonyl (C=O) groups is 4. The van der Waals surface area contributed by atoms with Gasteiger partial charge in [-0.25, -0.2) is 14.4 Å². The summed E-state index contributed by atoms with van der Waals surface area (Å²) in [5.41, 5.74) is 1.57. The van der Waals surface area contributed by atoms with Gasteiger partial charge in [0.05, 0.1) is 14.2 Å². The molecule has 0 unspecified atom stereocenters. The number of esters is 2. The van der Waals surface area contributed by atoms with E-state index in [4.69, 9.17) is 24.1 Å². The molecule has 2 aliphatic rings. The van der Waals surface area contributed by atoms with Gasteiger partial charge in [0, 0.05) is 50.6 Å². The third-order valence-electron chi connectivity index (χ3n) is 6.63.